The summed E-state index contributed by atoms with van der Waals surface area (Å²) in [6.07, 6.45) is 3.51. The lowest BCUT2D eigenvalue weighted by molar-refractivity contribution is 0.0827. The zero-order valence-corrected chi connectivity index (χ0v) is 20.4. The maximum Gasteiger partial charge on any atom is 0.253 e. The fraction of sp³-hybridized carbons (Fsp3) is 0.208. The number of aromatic amines is 1. The van der Waals surface area contributed by atoms with Crippen LogP contribution in [0.1, 0.15) is 15.9 Å². The Morgan fingerprint density at radius 2 is 1.82 bits per heavy atom. The van der Waals surface area contributed by atoms with Gasteiger partial charge in [0.25, 0.3) is 5.91 Å². The van der Waals surface area contributed by atoms with Gasteiger partial charge in [-0.1, -0.05) is 12.1 Å². The van der Waals surface area contributed by atoms with Gasteiger partial charge < -0.3 is 25.4 Å². The standard InChI is InChI=1S/C24H25N5O3S.H2O/c1-14-12-16(23(30)29(2)3)8-11-19(14)26-24-27-21-20(22(28-24)32-4)18(13-25-21)15-6-9-17(10-7-15)33(5)31;/h6-13H,1-5H3,(H2,25,26,27,28);1H2. The Morgan fingerprint density at radius 3 is 2.41 bits per heavy atom. The van der Waals surface area contributed by atoms with E-state index in [0.29, 0.717) is 23.0 Å². The van der Waals surface area contributed by atoms with Gasteiger partial charge in [-0.25, -0.2) is 0 Å². The molecule has 0 radical (unpaired) electrons. The molecular formula is C24H27N5O4S. The molecule has 2 aromatic heterocycles. The second-order valence-corrected chi connectivity index (χ2v) is 9.19. The van der Waals surface area contributed by atoms with E-state index in [1.807, 2.05) is 49.5 Å². The lowest BCUT2D eigenvalue weighted by atomic mass is 10.1. The van der Waals surface area contributed by atoms with Crippen LogP contribution in [-0.2, 0) is 10.8 Å². The van der Waals surface area contributed by atoms with Gasteiger partial charge in [0.2, 0.25) is 11.8 Å². The van der Waals surface area contributed by atoms with Gasteiger partial charge in [0.05, 0.1) is 12.5 Å². The number of H-pyrrole nitrogens is 1. The van der Waals surface area contributed by atoms with Gasteiger partial charge in [-0.05, 0) is 48.4 Å². The third-order valence-corrected chi connectivity index (χ3v) is 6.25. The lowest BCUT2D eigenvalue weighted by Gasteiger charge is -2.14. The average molecular weight is 482 g/mol. The number of rotatable bonds is 6. The minimum Gasteiger partial charge on any atom is -0.480 e. The van der Waals surface area contributed by atoms with Crippen LogP contribution in [0.3, 0.4) is 0 Å². The number of ether oxygens (including phenoxy) is 1. The Labute approximate surface area is 200 Å². The van der Waals surface area contributed by atoms with Gasteiger partial charge in [0, 0.05) is 59.1 Å². The molecule has 2 aromatic carbocycles. The third kappa shape index (κ3) is 4.78. The number of carbonyl (C=O) groups is 1. The quantitative estimate of drug-likeness (QED) is 0.434. The molecule has 0 aliphatic heterocycles. The van der Waals surface area contributed by atoms with E-state index in [1.54, 1.807) is 38.4 Å². The van der Waals surface area contributed by atoms with Gasteiger partial charge in [0.1, 0.15) is 5.65 Å². The molecule has 0 bridgehead atoms. The van der Waals surface area contributed by atoms with E-state index in [2.05, 4.69) is 20.3 Å². The van der Waals surface area contributed by atoms with Gasteiger partial charge in [-0.3, -0.25) is 9.00 Å². The van der Waals surface area contributed by atoms with Crippen molar-refractivity contribution in [1.29, 1.82) is 0 Å². The number of nitrogens with zero attached hydrogens (tertiary/aromatic N) is 3. The lowest BCUT2D eigenvalue weighted by Crippen LogP contribution is -2.21. The summed E-state index contributed by atoms with van der Waals surface area (Å²) in [5.41, 5.74) is 4.76. The fourth-order valence-corrected chi connectivity index (χ4v) is 4.09. The fourth-order valence-electron chi connectivity index (χ4n) is 3.57. The summed E-state index contributed by atoms with van der Waals surface area (Å²) in [4.78, 5) is 26.9. The number of methoxy groups -OCH3 is 1. The molecule has 1 amide bonds. The number of hydrogen-bond donors (Lipinski definition) is 2. The Morgan fingerprint density at radius 1 is 1.12 bits per heavy atom. The van der Waals surface area contributed by atoms with E-state index in [0.717, 1.165) is 32.7 Å². The molecule has 0 fully saturated rings. The zero-order chi connectivity index (χ0) is 23.7. The van der Waals surface area contributed by atoms with Gasteiger partial charge >= 0.3 is 0 Å². The van der Waals surface area contributed by atoms with Gasteiger partial charge in [-0.15, -0.1) is 0 Å². The van der Waals surface area contributed by atoms with Crippen molar-refractivity contribution in [2.24, 2.45) is 0 Å². The van der Waals surface area contributed by atoms with Crippen LogP contribution < -0.4 is 10.1 Å². The maximum atomic E-state index is 12.2. The van der Waals surface area contributed by atoms with Crippen LogP contribution in [0.25, 0.3) is 22.2 Å². The van der Waals surface area contributed by atoms with Crippen molar-refractivity contribution in [1.82, 2.24) is 19.9 Å². The third-order valence-electron chi connectivity index (χ3n) is 5.31. The van der Waals surface area contributed by atoms with Crippen molar-refractivity contribution >= 4 is 39.4 Å². The van der Waals surface area contributed by atoms with Gasteiger partial charge in [-0.2, -0.15) is 9.97 Å². The summed E-state index contributed by atoms with van der Waals surface area (Å²) in [6, 6.07) is 13.0. The molecule has 4 rings (SSSR count). The van der Waals surface area contributed by atoms with Crippen molar-refractivity contribution in [3.05, 3.63) is 59.8 Å². The number of anilines is 2. The summed E-state index contributed by atoms with van der Waals surface area (Å²) in [5.74, 6) is 0.749. The number of aryl methyl sites for hydroxylation is 1. The van der Waals surface area contributed by atoms with Crippen LogP contribution in [-0.4, -0.2) is 62.9 Å². The SMILES string of the molecule is COc1nc(Nc2ccc(C(=O)N(C)C)cc2C)nc2[nH]cc(-c3ccc(S(C)=O)cc3)c12.O. The minimum absolute atomic E-state index is 0. The Balaban J connectivity index is 0.00000324. The van der Waals surface area contributed by atoms with Crippen LogP contribution in [0.15, 0.2) is 53.6 Å². The molecule has 0 spiro atoms. The smallest absolute Gasteiger partial charge is 0.253 e. The van der Waals surface area contributed by atoms with E-state index < -0.39 is 10.8 Å². The van der Waals surface area contributed by atoms with Crippen molar-refractivity contribution in [2.75, 3.05) is 32.8 Å². The van der Waals surface area contributed by atoms with Crippen LogP contribution in [0, 0.1) is 6.92 Å². The highest BCUT2D eigenvalue weighted by Crippen LogP contribution is 2.35. The first kappa shape index (κ1) is 24.9. The normalized spacial score (nSPS) is 11.6. The Kier molecular flexibility index (Phi) is 7.33. The molecule has 1 atom stereocenters. The maximum absolute atomic E-state index is 12.2. The molecule has 4 N–H and O–H groups in total. The first-order valence-corrected chi connectivity index (χ1v) is 11.8. The molecular weight excluding hydrogens is 454 g/mol. The average Bonchev–Trinajstić information content (AvgIpc) is 3.23. The van der Waals surface area contributed by atoms with E-state index in [9.17, 15) is 9.00 Å². The summed E-state index contributed by atoms with van der Waals surface area (Å²) in [6.45, 7) is 1.92. The monoisotopic (exact) mass is 481 g/mol. The molecule has 2 heterocycles. The number of benzene rings is 2. The predicted molar refractivity (Wildman–Crippen MR) is 134 cm³/mol. The van der Waals surface area contributed by atoms with Crippen LogP contribution >= 0.6 is 0 Å². The van der Waals surface area contributed by atoms with Gasteiger partial charge in [0.15, 0.2) is 0 Å². The van der Waals surface area contributed by atoms with Crippen molar-refractivity contribution < 1.29 is 19.2 Å². The van der Waals surface area contributed by atoms with Crippen LogP contribution in [0.5, 0.6) is 5.88 Å². The van der Waals surface area contributed by atoms with E-state index in [4.69, 9.17) is 4.74 Å². The molecule has 178 valence electrons. The first-order chi connectivity index (χ1) is 15.8. The van der Waals surface area contributed by atoms with E-state index in [-0.39, 0.29) is 11.4 Å². The van der Waals surface area contributed by atoms with E-state index in [1.165, 1.54) is 0 Å². The molecule has 9 nitrogen and oxygen atoms in total. The molecule has 0 saturated carbocycles. The molecule has 4 aromatic rings. The van der Waals surface area contributed by atoms with E-state index >= 15 is 0 Å². The highest BCUT2D eigenvalue weighted by atomic mass is 32.2. The minimum atomic E-state index is -1.03. The molecule has 1 unspecified atom stereocenters. The number of fused-ring (bicyclic) bond motifs is 1. The summed E-state index contributed by atoms with van der Waals surface area (Å²) in [5, 5.41) is 3.98. The van der Waals surface area contributed by atoms with Crippen molar-refractivity contribution in [3.63, 3.8) is 0 Å². The topological polar surface area (TPSA) is 132 Å². The molecule has 0 saturated heterocycles. The predicted octanol–water partition coefficient (Wildman–Crippen LogP) is 3.30. The Bertz CT molecular complexity index is 1370. The summed E-state index contributed by atoms with van der Waals surface area (Å²) >= 11 is 0. The summed E-state index contributed by atoms with van der Waals surface area (Å²) < 4.78 is 17.3. The van der Waals surface area contributed by atoms with Crippen LogP contribution in [0.2, 0.25) is 0 Å². The second kappa shape index (κ2) is 10.0. The second-order valence-electron chi connectivity index (χ2n) is 7.82. The highest BCUT2D eigenvalue weighted by Gasteiger charge is 2.17. The number of amides is 1. The number of hydrogen-bond acceptors (Lipinski definition) is 6. The number of aromatic nitrogens is 3. The Hall–Kier alpha value is -3.76. The summed E-state index contributed by atoms with van der Waals surface area (Å²) in [7, 11) is 3.98. The number of carbonyl (C=O) groups excluding carboxylic acids is 1. The molecule has 34 heavy (non-hydrogen) atoms. The zero-order valence-electron chi connectivity index (χ0n) is 19.6. The number of nitrogens with one attached hydrogen (secondary N) is 2. The molecule has 10 heteroatoms. The first-order valence-electron chi connectivity index (χ1n) is 10.2. The largest absolute Gasteiger partial charge is 0.480 e. The van der Waals surface area contributed by atoms with Crippen molar-refractivity contribution in [3.8, 4) is 17.0 Å². The van der Waals surface area contributed by atoms with Crippen LogP contribution in [0.4, 0.5) is 11.6 Å². The molecule has 0 aliphatic rings. The highest BCUT2D eigenvalue weighted by molar-refractivity contribution is 7.84. The van der Waals surface area contributed by atoms with Crippen molar-refractivity contribution in [2.45, 2.75) is 11.8 Å². The molecule has 0 aliphatic carbocycles.